The van der Waals surface area contributed by atoms with Crippen LogP contribution in [0.3, 0.4) is 0 Å². The molecule has 0 aliphatic carbocycles. The maximum atomic E-state index is 12.3. The number of hydrogen-bond acceptors (Lipinski definition) is 4. The van der Waals surface area contributed by atoms with Gasteiger partial charge in [-0.15, -0.1) is 11.3 Å². The highest BCUT2D eigenvalue weighted by molar-refractivity contribution is 7.91. The summed E-state index contributed by atoms with van der Waals surface area (Å²) in [6.07, 6.45) is 1.21. The molecule has 0 radical (unpaired) electrons. The number of hydrogen-bond donors (Lipinski definition) is 0. The van der Waals surface area contributed by atoms with E-state index in [0.29, 0.717) is 34.5 Å². The molecule has 1 saturated heterocycles. The normalized spacial score (nSPS) is 18.7. The van der Waals surface area contributed by atoms with Gasteiger partial charge in [0, 0.05) is 19.0 Å². The summed E-state index contributed by atoms with van der Waals surface area (Å²) in [7, 11) is -3.44. The van der Waals surface area contributed by atoms with Crippen molar-refractivity contribution >= 4 is 33.0 Å². The van der Waals surface area contributed by atoms with Crippen molar-refractivity contribution in [3.8, 4) is 6.07 Å². The van der Waals surface area contributed by atoms with Crippen molar-refractivity contribution < 1.29 is 8.42 Å². The van der Waals surface area contributed by atoms with Crippen molar-refractivity contribution in [3.05, 3.63) is 16.0 Å². The van der Waals surface area contributed by atoms with Crippen LogP contribution in [0.25, 0.3) is 0 Å². The molecular weight excluding hydrogens is 292 g/mol. The van der Waals surface area contributed by atoms with E-state index in [9.17, 15) is 8.42 Å². The average Bonchev–Trinajstić information content (AvgIpc) is 2.70. The number of aryl methyl sites for hydroxylation is 1. The lowest BCUT2D eigenvalue weighted by Crippen LogP contribution is -2.37. The maximum absolute atomic E-state index is 12.3. The van der Waals surface area contributed by atoms with Gasteiger partial charge in [0.1, 0.15) is 4.21 Å². The summed E-state index contributed by atoms with van der Waals surface area (Å²) in [5, 5.41) is 8.80. The summed E-state index contributed by atoms with van der Waals surface area (Å²) in [5.74, 6) is -0.0230. The largest absolute Gasteiger partial charge is 0.252 e. The fourth-order valence-electron chi connectivity index (χ4n) is 1.91. The Labute approximate surface area is 116 Å². The van der Waals surface area contributed by atoms with Gasteiger partial charge in [0.05, 0.1) is 10.4 Å². The van der Waals surface area contributed by atoms with E-state index < -0.39 is 10.0 Å². The zero-order valence-electron chi connectivity index (χ0n) is 9.89. The Bertz CT molecular complexity index is 561. The van der Waals surface area contributed by atoms with Crippen molar-refractivity contribution in [3.63, 3.8) is 0 Å². The van der Waals surface area contributed by atoms with Gasteiger partial charge >= 0.3 is 0 Å². The Hall–Kier alpha value is -0.610. The molecule has 0 unspecified atom stereocenters. The Morgan fingerprint density at radius 2 is 2.11 bits per heavy atom. The fourth-order valence-corrected chi connectivity index (χ4v) is 5.24. The van der Waals surface area contributed by atoms with Crippen LogP contribution < -0.4 is 0 Å². The minimum Gasteiger partial charge on any atom is -0.206 e. The summed E-state index contributed by atoms with van der Waals surface area (Å²) < 4.78 is 26.9. The number of thiophene rings is 1. The van der Waals surface area contributed by atoms with Gasteiger partial charge in [0.15, 0.2) is 0 Å². The van der Waals surface area contributed by atoms with Crippen LogP contribution in [-0.2, 0) is 10.0 Å². The van der Waals surface area contributed by atoms with E-state index in [1.54, 1.807) is 13.0 Å². The quantitative estimate of drug-likeness (QED) is 0.844. The first-order chi connectivity index (χ1) is 8.45. The van der Waals surface area contributed by atoms with E-state index in [2.05, 4.69) is 6.07 Å². The molecule has 0 spiro atoms. The van der Waals surface area contributed by atoms with Crippen LogP contribution in [0, 0.1) is 24.2 Å². The van der Waals surface area contributed by atoms with Crippen molar-refractivity contribution in [1.29, 1.82) is 5.26 Å². The summed E-state index contributed by atoms with van der Waals surface area (Å²) in [4.78, 5) is 0. The standard InChI is InChI=1S/C11H13ClN2O2S2/c1-8-6-10(17-11(8)12)18(15,16)14-4-2-9(7-13)3-5-14/h6,9H,2-5H2,1H3. The monoisotopic (exact) mass is 304 g/mol. The highest BCUT2D eigenvalue weighted by Gasteiger charge is 2.30. The van der Waals surface area contributed by atoms with Gasteiger partial charge in [-0.3, -0.25) is 0 Å². The molecule has 0 N–H and O–H groups in total. The smallest absolute Gasteiger partial charge is 0.206 e. The van der Waals surface area contributed by atoms with Gasteiger partial charge in [0.2, 0.25) is 0 Å². The van der Waals surface area contributed by atoms with E-state index in [1.807, 2.05) is 0 Å². The second-order valence-electron chi connectivity index (χ2n) is 4.33. The predicted molar refractivity (Wildman–Crippen MR) is 71.2 cm³/mol. The second kappa shape index (κ2) is 5.17. The van der Waals surface area contributed by atoms with E-state index in [-0.39, 0.29) is 5.92 Å². The van der Waals surface area contributed by atoms with E-state index >= 15 is 0 Å². The zero-order valence-corrected chi connectivity index (χ0v) is 12.3. The molecule has 1 aliphatic heterocycles. The minimum atomic E-state index is -3.44. The van der Waals surface area contributed by atoms with Crippen LogP contribution in [-0.4, -0.2) is 25.8 Å². The van der Waals surface area contributed by atoms with Crippen LogP contribution in [0.5, 0.6) is 0 Å². The van der Waals surface area contributed by atoms with Crippen LogP contribution >= 0.6 is 22.9 Å². The average molecular weight is 305 g/mol. The van der Waals surface area contributed by atoms with Crippen molar-refractivity contribution in [1.82, 2.24) is 4.31 Å². The summed E-state index contributed by atoms with van der Waals surface area (Å²) in [5.41, 5.74) is 0.784. The SMILES string of the molecule is Cc1cc(S(=O)(=O)N2CCC(C#N)CC2)sc1Cl. The van der Waals surface area contributed by atoms with Crippen molar-refractivity contribution in [2.75, 3.05) is 13.1 Å². The van der Waals surface area contributed by atoms with Crippen LogP contribution in [0.2, 0.25) is 4.34 Å². The highest BCUT2D eigenvalue weighted by atomic mass is 35.5. The van der Waals surface area contributed by atoms with Gasteiger partial charge < -0.3 is 0 Å². The molecule has 4 nitrogen and oxygen atoms in total. The summed E-state index contributed by atoms with van der Waals surface area (Å²) in [6.45, 7) is 2.62. The first kappa shape index (κ1) is 13.8. The molecule has 98 valence electrons. The molecule has 0 aromatic carbocycles. The second-order valence-corrected chi connectivity index (χ2v) is 8.15. The minimum absolute atomic E-state index is 0.0230. The molecule has 2 heterocycles. The van der Waals surface area contributed by atoms with Gasteiger partial charge in [-0.05, 0) is 31.4 Å². The fraction of sp³-hybridized carbons (Fsp3) is 0.545. The molecule has 1 fully saturated rings. The Kier molecular flexibility index (Phi) is 3.97. The molecule has 18 heavy (non-hydrogen) atoms. The number of halogens is 1. The topological polar surface area (TPSA) is 61.2 Å². The third-order valence-electron chi connectivity index (χ3n) is 3.07. The number of sulfonamides is 1. The first-order valence-corrected chi connectivity index (χ1v) is 8.24. The lowest BCUT2D eigenvalue weighted by atomic mass is 10.0. The molecule has 0 atom stereocenters. The molecule has 1 aromatic rings. The van der Waals surface area contributed by atoms with E-state index in [4.69, 9.17) is 16.9 Å². The lowest BCUT2D eigenvalue weighted by molar-refractivity contribution is 0.310. The van der Waals surface area contributed by atoms with E-state index in [0.717, 1.165) is 16.9 Å². The van der Waals surface area contributed by atoms with Gasteiger partial charge in [0.25, 0.3) is 10.0 Å². The Morgan fingerprint density at radius 1 is 1.50 bits per heavy atom. The molecule has 0 amide bonds. The summed E-state index contributed by atoms with van der Waals surface area (Å²) in [6, 6.07) is 3.80. The maximum Gasteiger partial charge on any atom is 0.252 e. The van der Waals surface area contributed by atoms with Crippen LogP contribution in [0.1, 0.15) is 18.4 Å². The number of nitrogens with zero attached hydrogens (tertiary/aromatic N) is 2. The third-order valence-corrected chi connectivity index (χ3v) is 6.97. The zero-order chi connectivity index (χ0) is 13.3. The Morgan fingerprint density at radius 3 is 2.56 bits per heavy atom. The van der Waals surface area contributed by atoms with E-state index in [1.165, 1.54) is 4.31 Å². The number of rotatable bonds is 2. The number of piperidine rings is 1. The van der Waals surface area contributed by atoms with Gasteiger partial charge in [-0.25, -0.2) is 8.42 Å². The van der Waals surface area contributed by atoms with Gasteiger partial charge in [-0.2, -0.15) is 9.57 Å². The first-order valence-electron chi connectivity index (χ1n) is 5.61. The molecule has 1 aromatic heterocycles. The lowest BCUT2D eigenvalue weighted by Gasteiger charge is -2.27. The Balaban J connectivity index is 2.20. The van der Waals surface area contributed by atoms with Crippen LogP contribution in [0.15, 0.2) is 10.3 Å². The van der Waals surface area contributed by atoms with Crippen LogP contribution in [0.4, 0.5) is 0 Å². The van der Waals surface area contributed by atoms with Gasteiger partial charge in [-0.1, -0.05) is 11.6 Å². The van der Waals surface area contributed by atoms with Crippen molar-refractivity contribution in [2.45, 2.75) is 24.0 Å². The summed E-state index contributed by atoms with van der Waals surface area (Å²) >= 11 is 7.00. The third kappa shape index (κ3) is 2.54. The molecule has 0 bridgehead atoms. The molecule has 1 aliphatic rings. The molecular formula is C11H13ClN2O2S2. The number of nitriles is 1. The molecule has 7 heteroatoms. The predicted octanol–water partition coefficient (Wildman–Crippen LogP) is 2.63. The molecule has 2 rings (SSSR count). The van der Waals surface area contributed by atoms with Crippen molar-refractivity contribution in [2.24, 2.45) is 5.92 Å². The molecule has 0 saturated carbocycles. The highest BCUT2D eigenvalue weighted by Crippen LogP contribution is 2.33.